The summed E-state index contributed by atoms with van der Waals surface area (Å²) < 4.78 is 0.998. The molecule has 1 aliphatic rings. The minimum Gasteiger partial charge on any atom is -0.358 e. The molecule has 0 spiro atoms. The molecule has 3 aromatic rings. The van der Waals surface area contributed by atoms with Crippen LogP contribution in [0, 0.1) is 0 Å². The predicted molar refractivity (Wildman–Crippen MR) is 95.3 cm³/mol. The lowest BCUT2D eigenvalue weighted by Gasteiger charge is -2.27. The van der Waals surface area contributed by atoms with Crippen molar-refractivity contribution < 1.29 is 4.79 Å². The third kappa shape index (κ3) is 2.68. The van der Waals surface area contributed by atoms with E-state index in [-0.39, 0.29) is 5.91 Å². The molecule has 0 saturated heterocycles. The molecule has 0 saturated carbocycles. The summed E-state index contributed by atoms with van der Waals surface area (Å²) in [7, 11) is 0. The van der Waals surface area contributed by atoms with E-state index in [1.165, 1.54) is 16.6 Å². The van der Waals surface area contributed by atoms with Crippen LogP contribution in [0.1, 0.15) is 16.8 Å². The Kier molecular flexibility index (Phi) is 3.69. The fourth-order valence-electron chi connectivity index (χ4n) is 3.30. The van der Waals surface area contributed by atoms with E-state index < -0.39 is 0 Å². The van der Waals surface area contributed by atoms with Gasteiger partial charge in [0.05, 0.1) is 6.42 Å². The average Bonchev–Trinajstić information content (AvgIpc) is 2.94. The van der Waals surface area contributed by atoms with Crippen LogP contribution in [0.5, 0.6) is 0 Å². The summed E-state index contributed by atoms with van der Waals surface area (Å²) in [5.41, 5.74) is 4.75. The van der Waals surface area contributed by atoms with Crippen LogP contribution < -0.4 is 0 Å². The van der Waals surface area contributed by atoms with Gasteiger partial charge in [-0.3, -0.25) is 4.79 Å². The van der Waals surface area contributed by atoms with Crippen molar-refractivity contribution in [3.8, 4) is 0 Å². The largest absolute Gasteiger partial charge is 0.358 e. The molecule has 116 valence electrons. The number of halogens is 1. The van der Waals surface area contributed by atoms with Gasteiger partial charge in [-0.1, -0.05) is 52.3 Å². The Labute approximate surface area is 143 Å². The molecule has 0 radical (unpaired) electrons. The Morgan fingerprint density at radius 2 is 1.91 bits per heavy atom. The number of para-hydroxylation sites is 1. The van der Waals surface area contributed by atoms with Gasteiger partial charge in [-0.25, -0.2) is 0 Å². The molecule has 4 heteroatoms. The lowest BCUT2D eigenvalue weighted by Crippen LogP contribution is -2.36. The van der Waals surface area contributed by atoms with Gasteiger partial charge in [0.1, 0.15) is 0 Å². The third-order valence-corrected chi connectivity index (χ3v) is 5.31. The number of hydrogen-bond acceptors (Lipinski definition) is 1. The van der Waals surface area contributed by atoms with E-state index in [0.29, 0.717) is 13.0 Å². The molecule has 1 N–H and O–H groups in total. The number of nitrogens with one attached hydrogen (secondary N) is 1. The van der Waals surface area contributed by atoms with Crippen molar-refractivity contribution in [3.63, 3.8) is 0 Å². The Balaban J connectivity index is 1.58. The summed E-state index contributed by atoms with van der Waals surface area (Å²) >= 11 is 3.53. The number of carbonyl (C=O) groups is 1. The molecule has 0 aliphatic carbocycles. The summed E-state index contributed by atoms with van der Waals surface area (Å²) in [5.74, 6) is 0.188. The zero-order valence-corrected chi connectivity index (χ0v) is 14.3. The van der Waals surface area contributed by atoms with E-state index >= 15 is 0 Å². The molecule has 1 aromatic heterocycles. The summed E-state index contributed by atoms with van der Waals surface area (Å²) in [6.07, 6.45) is 1.34. The first-order valence-electron chi connectivity index (χ1n) is 7.82. The van der Waals surface area contributed by atoms with E-state index in [0.717, 1.165) is 28.5 Å². The third-order valence-electron chi connectivity index (χ3n) is 4.53. The number of hydrogen-bond donors (Lipinski definition) is 1. The number of aromatic nitrogens is 1. The van der Waals surface area contributed by atoms with E-state index in [9.17, 15) is 4.79 Å². The van der Waals surface area contributed by atoms with Crippen LogP contribution in [0.25, 0.3) is 10.9 Å². The van der Waals surface area contributed by atoms with Crippen molar-refractivity contribution in [3.05, 3.63) is 69.8 Å². The monoisotopic (exact) mass is 368 g/mol. The van der Waals surface area contributed by atoms with Crippen LogP contribution in [-0.4, -0.2) is 22.3 Å². The first-order chi connectivity index (χ1) is 11.2. The highest BCUT2D eigenvalue weighted by Gasteiger charge is 2.24. The number of aromatic amines is 1. The van der Waals surface area contributed by atoms with Gasteiger partial charge in [-0.15, -0.1) is 0 Å². The first-order valence-corrected chi connectivity index (χ1v) is 8.61. The van der Waals surface area contributed by atoms with Crippen molar-refractivity contribution in [2.24, 2.45) is 0 Å². The zero-order chi connectivity index (χ0) is 15.8. The molecular formula is C19H17BrN2O. The maximum absolute atomic E-state index is 12.7. The molecule has 23 heavy (non-hydrogen) atoms. The summed E-state index contributed by atoms with van der Waals surface area (Å²) in [6, 6.07) is 16.3. The predicted octanol–water partition coefficient (Wildman–Crippen LogP) is 4.06. The van der Waals surface area contributed by atoms with Crippen molar-refractivity contribution in [2.45, 2.75) is 19.4 Å². The second kappa shape index (κ2) is 5.85. The van der Waals surface area contributed by atoms with Gasteiger partial charge < -0.3 is 9.88 Å². The van der Waals surface area contributed by atoms with Gasteiger partial charge in [-0.2, -0.15) is 0 Å². The van der Waals surface area contributed by atoms with Gasteiger partial charge in [0, 0.05) is 46.1 Å². The van der Waals surface area contributed by atoms with Crippen molar-refractivity contribution >= 4 is 32.7 Å². The van der Waals surface area contributed by atoms with E-state index in [4.69, 9.17) is 0 Å². The summed E-state index contributed by atoms with van der Waals surface area (Å²) in [5, 5.41) is 1.24. The highest BCUT2D eigenvalue weighted by molar-refractivity contribution is 9.10. The van der Waals surface area contributed by atoms with Crippen molar-refractivity contribution in [2.75, 3.05) is 6.54 Å². The Bertz CT molecular complexity index is 884. The second-order valence-electron chi connectivity index (χ2n) is 5.96. The van der Waals surface area contributed by atoms with Crippen molar-refractivity contribution in [1.29, 1.82) is 0 Å². The van der Waals surface area contributed by atoms with E-state index in [2.05, 4.69) is 39.1 Å². The Hall–Kier alpha value is -2.07. The fraction of sp³-hybridized carbons (Fsp3) is 0.211. The average molecular weight is 369 g/mol. The number of carbonyl (C=O) groups excluding carboxylic acids is 1. The zero-order valence-electron chi connectivity index (χ0n) is 12.7. The smallest absolute Gasteiger partial charge is 0.227 e. The number of H-pyrrole nitrogens is 1. The molecule has 1 amide bonds. The minimum absolute atomic E-state index is 0.188. The van der Waals surface area contributed by atoms with Crippen LogP contribution in [0.3, 0.4) is 0 Å². The van der Waals surface area contributed by atoms with E-state index in [1.807, 2.05) is 35.2 Å². The number of amides is 1. The molecule has 0 fully saturated rings. The van der Waals surface area contributed by atoms with Crippen LogP contribution >= 0.6 is 15.9 Å². The second-order valence-corrected chi connectivity index (χ2v) is 6.82. The Morgan fingerprint density at radius 3 is 2.78 bits per heavy atom. The van der Waals surface area contributed by atoms with Crippen LogP contribution in [0.4, 0.5) is 0 Å². The molecule has 2 aromatic carbocycles. The molecule has 2 heterocycles. The van der Waals surface area contributed by atoms with Crippen molar-refractivity contribution in [1.82, 2.24) is 9.88 Å². The van der Waals surface area contributed by atoms with Gasteiger partial charge in [0.15, 0.2) is 0 Å². The highest BCUT2D eigenvalue weighted by atomic mass is 79.9. The number of nitrogens with zero attached hydrogens (tertiary/aromatic N) is 1. The standard InChI is InChI=1S/C19H17BrN2O/c20-16-7-3-1-5-13(16)11-19(23)22-10-9-18-15(12-22)14-6-2-4-8-17(14)21-18/h1-8,21H,9-12H2. The molecule has 0 unspecified atom stereocenters. The number of rotatable bonds is 2. The van der Waals surface area contributed by atoms with Gasteiger partial charge >= 0.3 is 0 Å². The highest BCUT2D eigenvalue weighted by Crippen LogP contribution is 2.28. The lowest BCUT2D eigenvalue weighted by molar-refractivity contribution is -0.131. The summed E-state index contributed by atoms with van der Waals surface area (Å²) in [4.78, 5) is 18.1. The van der Waals surface area contributed by atoms with Gasteiger partial charge in [-0.05, 0) is 17.7 Å². The molecular weight excluding hydrogens is 352 g/mol. The topological polar surface area (TPSA) is 36.1 Å². The SMILES string of the molecule is O=C(Cc1ccccc1Br)N1CCc2[nH]c3ccccc3c2C1. The maximum atomic E-state index is 12.7. The Morgan fingerprint density at radius 1 is 1.13 bits per heavy atom. The molecule has 3 nitrogen and oxygen atoms in total. The number of fused-ring (bicyclic) bond motifs is 3. The lowest BCUT2D eigenvalue weighted by atomic mass is 10.0. The molecule has 4 rings (SSSR count). The molecule has 0 bridgehead atoms. The van der Waals surface area contributed by atoms with Gasteiger partial charge in [0.2, 0.25) is 5.91 Å². The van der Waals surface area contributed by atoms with Crippen LogP contribution in [0.15, 0.2) is 53.0 Å². The number of benzene rings is 2. The molecule has 0 atom stereocenters. The van der Waals surface area contributed by atoms with Gasteiger partial charge in [0.25, 0.3) is 0 Å². The van der Waals surface area contributed by atoms with Crippen LogP contribution in [-0.2, 0) is 24.2 Å². The first kappa shape index (κ1) is 14.5. The summed E-state index contributed by atoms with van der Waals surface area (Å²) in [6.45, 7) is 1.48. The fourth-order valence-corrected chi connectivity index (χ4v) is 3.72. The normalized spacial score (nSPS) is 14.0. The van der Waals surface area contributed by atoms with E-state index in [1.54, 1.807) is 0 Å². The quantitative estimate of drug-likeness (QED) is 0.727. The minimum atomic E-state index is 0.188. The maximum Gasteiger partial charge on any atom is 0.227 e. The van der Waals surface area contributed by atoms with Crippen LogP contribution in [0.2, 0.25) is 0 Å². The molecule has 1 aliphatic heterocycles.